The van der Waals surface area contributed by atoms with Crippen LogP contribution in [-0.4, -0.2) is 74.1 Å². The van der Waals surface area contributed by atoms with Crippen molar-refractivity contribution in [1.82, 2.24) is 14.9 Å². The molecule has 1 aliphatic heterocycles. The zero-order valence-electron chi connectivity index (χ0n) is 23.8. The van der Waals surface area contributed by atoms with Crippen molar-refractivity contribution < 1.29 is 36.2 Å². The number of rotatable bonds is 6. The van der Waals surface area contributed by atoms with Crippen LogP contribution in [0.25, 0.3) is 0 Å². The third-order valence-corrected chi connectivity index (χ3v) is 10.2. The van der Waals surface area contributed by atoms with Crippen LogP contribution in [0.5, 0.6) is 0 Å². The second-order valence-corrected chi connectivity index (χ2v) is 14.0. The van der Waals surface area contributed by atoms with Gasteiger partial charge in [0.1, 0.15) is 6.04 Å². The highest BCUT2D eigenvalue weighted by Gasteiger charge is 2.37. The van der Waals surface area contributed by atoms with Crippen LogP contribution < -0.4 is 10.6 Å². The Morgan fingerprint density at radius 1 is 1.12 bits per heavy atom. The molecule has 3 N–H and O–H groups in total. The summed E-state index contributed by atoms with van der Waals surface area (Å²) >= 11 is 3.53. The first-order valence-corrected chi connectivity index (χ1v) is 16.6. The standard InChI is InChI=1S/C30H37BrF3N3O5S/c1-37(43(40,41)15-13-30(32,33)34)26-10-6-3-7-14-42-28-18-24(23-17-21(31)11-12-22(23)28)35-19-27(38)25(36-29(26)39)16-20-8-4-2-5-9-20/h2-5,7-9,11-12,17,24-28,35,38H,6,10,13-16,18-19H2,1H3,(H,36,39)/b7-3+/t24-,25-,26-,27+,28+/m0/s1. The molecule has 0 aromatic heterocycles. The molecule has 2 aromatic rings. The number of halogens is 4. The Bertz CT molecular complexity index is 1380. The molecule has 2 aliphatic rings. The molecule has 4 rings (SSSR count). The number of nitrogens with one attached hydrogen (secondary N) is 2. The number of aliphatic hydroxyl groups excluding tert-OH is 1. The van der Waals surface area contributed by atoms with E-state index in [2.05, 4.69) is 26.6 Å². The molecular formula is C30H37BrF3N3O5S. The van der Waals surface area contributed by atoms with Crippen LogP contribution in [0.1, 0.15) is 54.5 Å². The van der Waals surface area contributed by atoms with E-state index < -0.39 is 52.5 Å². The number of nitrogens with zero attached hydrogens (tertiary/aromatic N) is 1. The molecule has 0 radical (unpaired) electrons. The summed E-state index contributed by atoms with van der Waals surface area (Å²) in [6.45, 7) is 0.399. The second kappa shape index (κ2) is 14.7. The number of amides is 1. The smallest absolute Gasteiger partial charge is 0.390 e. The molecule has 0 saturated carbocycles. The summed E-state index contributed by atoms with van der Waals surface area (Å²) in [7, 11) is -3.30. The number of carbonyl (C=O) groups excluding carboxylic acids is 1. The summed E-state index contributed by atoms with van der Waals surface area (Å²) in [5, 5.41) is 17.6. The minimum absolute atomic E-state index is 0.0266. The maximum Gasteiger partial charge on any atom is 0.390 e. The topological polar surface area (TPSA) is 108 Å². The van der Waals surface area contributed by atoms with E-state index in [1.165, 1.54) is 0 Å². The molecule has 13 heteroatoms. The fourth-order valence-corrected chi connectivity index (χ4v) is 7.21. The van der Waals surface area contributed by atoms with Gasteiger partial charge in [0.15, 0.2) is 0 Å². The Hall–Kier alpha value is -2.29. The first-order valence-electron chi connectivity index (χ1n) is 14.2. The quantitative estimate of drug-likeness (QED) is 0.385. The molecule has 8 nitrogen and oxygen atoms in total. The molecule has 0 fully saturated rings. The molecule has 0 spiro atoms. The van der Waals surface area contributed by atoms with Crippen molar-refractivity contribution in [2.75, 3.05) is 26.0 Å². The van der Waals surface area contributed by atoms with Gasteiger partial charge < -0.3 is 20.5 Å². The van der Waals surface area contributed by atoms with E-state index in [9.17, 15) is 31.5 Å². The lowest BCUT2D eigenvalue weighted by atomic mass is 9.99. The Morgan fingerprint density at radius 3 is 2.58 bits per heavy atom. The van der Waals surface area contributed by atoms with Crippen molar-refractivity contribution >= 4 is 31.9 Å². The van der Waals surface area contributed by atoms with Crippen LogP contribution >= 0.6 is 15.9 Å². The third kappa shape index (κ3) is 9.35. The van der Waals surface area contributed by atoms with Crippen LogP contribution in [0, 0.1) is 0 Å². The van der Waals surface area contributed by atoms with Crippen LogP contribution in [0.15, 0.2) is 65.2 Å². The number of fused-ring (bicyclic) bond motifs is 5. The molecule has 5 atom stereocenters. The normalized spacial score (nSPS) is 26.6. The Labute approximate surface area is 258 Å². The fraction of sp³-hybridized carbons (Fsp3) is 0.500. The summed E-state index contributed by atoms with van der Waals surface area (Å²) < 4.78 is 72.1. The van der Waals surface area contributed by atoms with Gasteiger partial charge in [-0.05, 0) is 54.5 Å². The van der Waals surface area contributed by atoms with E-state index in [1.54, 1.807) is 12.2 Å². The van der Waals surface area contributed by atoms with E-state index in [0.717, 1.165) is 32.5 Å². The maximum atomic E-state index is 13.6. The highest BCUT2D eigenvalue weighted by atomic mass is 79.9. The van der Waals surface area contributed by atoms with Gasteiger partial charge in [-0.25, -0.2) is 8.42 Å². The largest absolute Gasteiger partial charge is 0.390 e. The van der Waals surface area contributed by atoms with E-state index >= 15 is 0 Å². The van der Waals surface area contributed by atoms with Gasteiger partial charge in [0, 0.05) is 24.1 Å². The first-order chi connectivity index (χ1) is 20.3. The zero-order chi connectivity index (χ0) is 31.2. The predicted molar refractivity (Wildman–Crippen MR) is 161 cm³/mol. The molecule has 1 heterocycles. The minimum Gasteiger partial charge on any atom is -0.390 e. The molecule has 1 aliphatic carbocycles. The van der Waals surface area contributed by atoms with Gasteiger partial charge in [-0.1, -0.05) is 64.5 Å². The third-order valence-electron chi connectivity index (χ3n) is 7.88. The molecule has 2 aromatic carbocycles. The van der Waals surface area contributed by atoms with Gasteiger partial charge in [0.05, 0.1) is 37.0 Å². The lowest BCUT2D eigenvalue weighted by Crippen LogP contribution is -2.55. The van der Waals surface area contributed by atoms with E-state index in [0.29, 0.717) is 6.42 Å². The number of allylic oxidation sites excluding steroid dienone is 1. The van der Waals surface area contributed by atoms with E-state index in [4.69, 9.17) is 4.74 Å². The molecule has 236 valence electrons. The van der Waals surface area contributed by atoms with Gasteiger partial charge in [-0.15, -0.1) is 0 Å². The van der Waals surface area contributed by atoms with Gasteiger partial charge in [0.2, 0.25) is 15.9 Å². The summed E-state index contributed by atoms with van der Waals surface area (Å²) in [6, 6.07) is 13.0. The van der Waals surface area contributed by atoms with Crippen molar-refractivity contribution in [2.45, 2.75) is 68.6 Å². The molecule has 2 bridgehead atoms. The van der Waals surface area contributed by atoms with Crippen LogP contribution in [-0.2, 0) is 26.0 Å². The predicted octanol–water partition coefficient (Wildman–Crippen LogP) is 4.56. The van der Waals surface area contributed by atoms with Gasteiger partial charge in [-0.3, -0.25) is 4.79 Å². The Morgan fingerprint density at radius 2 is 1.86 bits per heavy atom. The SMILES string of the molecule is CN([C@H]1CC/C=C/CO[C@@H]2C[C@H](NC[C@@H](O)[C@H](Cc3ccccc3)NC1=O)c1cc(Br)ccc12)S(=O)(=O)CCC(F)(F)F. The second-order valence-electron chi connectivity index (χ2n) is 10.9. The summed E-state index contributed by atoms with van der Waals surface area (Å²) in [6.07, 6.45) is -2.64. The average Bonchev–Trinajstić information content (AvgIpc) is 3.29. The summed E-state index contributed by atoms with van der Waals surface area (Å²) in [5.41, 5.74) is 2.94. The number of hydrogen-bond acceptors (Lipinski definition) is 6. The maximum absolute atomic E-state index is 13.6. The average molecular weight is 689 g/mol. The molecule has 43 heavy (non-hydrogen) atoms. The number of alkyl halides is 3. The van der Waals surface area contributed by atoms with E-state index in [-0.39, 0.29) is 44.6 Å². The monoisotopic (exact) mass is 687 g/mol. The number of sulfonamides is 1. The van der Waals surface area contributed by atoms with Crippen molar-refractivity contribution in [3.05, 3.63) is 81.8 Å². The number of aliphatic hydroxyl groups is 1. The Kier molecular flexibility index (Phi) is 11.5. The highest BCUT2D eigenvalue weighted by molar-refractivity contribution is 9.10. The van der Waals surface area contributed by atoms with Crippen LogP contribution in [0.3, 0.4) is 0 Å². The lowest BCUT2D eigenvalue weighted by molar-refractivity contribution is -0.130. The number of ether oxygens (including phenoxy) is 1. The molecule has 1 amide bonds. The highest BCUT2D eigenvalue weighted by Crippen LogP contribution is 2.42. The van der Waals surface area contributed by atoms with Crippen molar-refractivity contribution in [3.8, 4) is 0 Å². The van der Waals surface area contributed by atoms with Crippen LogP contribution in [0.4, 0.5) is 13.2 Å². The Balaban J connectivity index is 1.61. The minimum atomic E-state index is -4.66. The fourth-order valence-electron chi connectivity index (χ4n) is 5.47. The van der Waals surface area contributed by atoms with Gasteiger partial charge >= 0.3 is 6.18 Å². The summed E-state index contributed by atoms with van der Waals surface area (Å²) in [4.78, 5) is 13.6. The lowest BCUT2D eigenvalue weighted by Gasteiger charge is -2.31. The van der Waals surface area contributed by atoms with Gasteiger partial charge in [0.25, 0.3) is 0 Å². The number of carbonyl (C=O) groups is 1. The van der Waals surface area contributed by atoms with Gasteiger partial charge in [-0.2, -0.15) is 17.5 Å². The first kappa shape index (κ1) is 33.6. The summed E-state index contributed by atoms with van der Waals surface area (Å²) in [5.74, 6) is -1.86. The van der Waals surface area contributed by atoms with Crippen molar-refractivity contribution in [3.63, 3.8) is 0 Å². The number of β-amino-alcohol motifs (C(OH)–C–C–N with tert-alkyl or cyclic N) is 1. The molecule has 0 unspecified atom stereocenters. The molecule has 0 saturated heterocycles. The molecular weight excluding hydrogens is 651 g/mol. The number of hydrogen-bond donors (Lipinski definition) is 3. The zero-order valence-corrected chi connectivity index (χ0v) is 26.2. The van der Waals surface area contributed by atoms with Crippen molar-refractivity contribution in [1.29, 1.82) is 0 Å². The number of likely N-dealkylation sites (N-methyl/N-ethyl adjacent to an activating group) is 1. The number of benzene rings is 2. The van der Waals surface area contributed by atoms with Crippen LogP contribution in [0.2, 0.25) is 0 Å². The van der Waals surface area contributed by atoms with Crippen molar-refractivity contribution in [2.24, 2.45) is 0 Å². The van der Waals surface area contributed by atoms with E-state index in [1.807, 2.05) is 48.5 Å².